The number of imide groups is 1. The summed E-state index contributed by atoms with van der Waals surface area (Å²) in [5.41, 5.74) is 2.20. The van der Waals surface area contributed by atoms with Crippen LogP contribution in [0.5, 0.6) is 0 Å². The van der Waals surface area contributed by atoms with E-state index in [4.69, 9.17) is 9.15 Å². The molecule has 2 atom stereocenters. The number of fused-ring (bicyclic) bond motifs is 1. The Hall–Kier alpha value is -3.88. The van der Waals surface area contributed by atoms with E-state index in [1.54, 1.807) is 0 Å². The maximum atomic E-state index is 13.3. The number of oxazole rings is 1. The minimum atomic E-state index is -0.695. The van der Waals surface area contributed by atoms with Crippen molar-refractivity contribution in [3.05, 3.63) is 60.2 Å². The second-order valence-corrected chi connectivity index (χ2v) is 7.85. The second kappa shape index (κ2) is 8.33. The maximum Gasteiger partial charge on any atom is 0.417 e. The largest absolute Gasteiger partial charge is 0.439 e. The van der Waals surface area contributed by atoms with Crippen molar-refractivity contribution in [1.82, 2.24) is 15.2 Å². The predicted octanol–water partition coefficient (Wildman–Crippen LogP) is 2.63. The van der Waals surface area contributed by atoms with Gasteiger partial charge in [0.05, 0.1) is 12.6 Å². The van der Waals surface area contributed by atoms with Gasteiger partial charge < -0.3 is 19.4 Å². The minimum Gasteiger partial charge on any atom is -0.439 e. The van der Waals surface area contributed by atoms with Gasteiger partial charge in [0.2, 0.25) is 5.91 Å². The fourth-order valence-electron chi connectivity index (χ4n) is 4.18. The third-order valence-corrected chi connectivity index (χ3v) is 5.81. The summed E-state index contributed by atoms with van der Waals surface area (Å²) in [4.78, 5) is 44.8. The van der Waals surface area contributed by atoms with Crippen LogP contribution in [0.15, 0.2) is 59.0 Å². The first-order chi connectivity index (χ1) is 15.6. The predicted molar refractivity (Wildman–Crippen MR) is 115 cm³/mol. The second-order valence-electron chi connectivity index (χ2n) is 7.85. The number of hydrogen-bond acceptors (Lipinski definition) is 7. The van der Waals surface area contributed by atoms with E-state index in [9.17, 15) is 14.4 Å². The summed E-state index contributed by atoms with van der Waals surface area (Å²) in [5, 5.41) is 3.03. The SMILES string of the molecule is O=C(NC(CN1C(=O)COC1=O)c1ccccc1)C1CCCN1c1nc2ccccc2o1. The van der Waals surface area contributed by atoms with E-state index in [-0.39, 0.29) is 19.1 Å². The summed E-state index contributed by atoms with van der Waals surface area (Å²) in [7, 11) is 0. The highest BCUT2D eigenvalue weighted by Crippen LogP contribution is 2.29. The minimum absolute atomic E-state index is 0.00300. The van der Waals surface area contributed by atoms with E-state index >= 15 is 0 Å². The Morgan fingerprint density at radius 1 is 1.12 bits per heavy atom. The van der Waals surface area contributed by atoms with Crippen molar-refractivity contribution in [1.29, 1.82) is 0 Å². The van der Waals surface area contributed by atoms with Crippen LogP contribution in [0.1, 0.15) is 24.4 Å². The van der Waals surface area contributed by atoms with E-state index in [1.165, 1.54) is 0 Å². The third-order valence-electron chi connectivity index (χ3n) is 5.81. The van der Waals surface area contributed by atoms with Gasteiger partial charge in [-0.2, -0.15) is 4.98 Å². The van der Waals surface area contributed by atoms with Crippen LogP contribution in [0.4, 0.5) is 10.8 Å². The average molecular weight is 434 g/mol. The van der Waals surface area contributed by atoms with Gasteiger partial charge in [0.1, 0.15) is 11.6 Å². The molecule has 2 fully saturated rings. The molecule has 2 unspecified atom stereocenters. The molecule has 3 heterocycles. The maximum absolute atomic E-state index is 13.3. The zero-order chi connectivity index (χ0) is 22.1. The summed E-state index contributed by atoms with van der Waals surface area (Å²) >= 11 is 0. The Morgan fingerprint density at radius 3 is 2.66 bits per heavy atom. The lowest BCUT2D eigenvalue weighted by Crippen LogP contribution is -2.47. The number of ether oxygens (including phenoxy) is 1. The average Bonchev–Trinajstić information content (AvgIpc) is 3.53. The van der Waals surface area contributed by atoms with Crippen molar-refractivity contribution in [2.24, 2.45) is 0 Å². The van der Waals surface area contributed by atoms with Gasteiger partial charge in [-0.25, -0.2) is 9.69 Å². The van der Waals surface area contributed by atoms with Gasteiger partial charge in [0, 0.05) is 6.54 Å². The fourth-order valence-corrected chi connectivity index (χ4v) is 4.18. The van der Waals surface area contributed by atoms with Crippen molar-refractivity contribution in [2.75, 3.05) is 24.6 Å². The zero-order valence-corrected chi connectivity index (χ0v) is 17.3. The lowest BCUT2D eigenvalue weighted by atomic mass is 10.1. The van der Waals surface area contributed by atoms with Gasteiger partial charge in [0.25, 0.3) is 11.9 Å². The standard InChI is InChI=1S/C23H22N4O5/c28-20-14-31-23(30)27(20)13-17(15-7-2-1-3-8-15)24-21(29)18-10-6-12-26(18)22-25-16-9-4-5-11-19(16)32-22/h1-5,7-9,11,17-18H,6,10,12-14H2,(H,24,29). The van der Waals surface area contributed by atoms with Crippen LogP contribution in [0.3, 0.4) is 0 Å². The lowest BCUT2D eigenvalue weighted by molar-refractivity contribution is -0.127. The van der Waals surface area contributed by atoms with Crippen LogP contribution < -0.4 is 10.2 Å². The number of nitrogens with zero attached hydrogens (tertiary/aromatic N) is 3. The molecule has 2 aliphatic heterocycles. The molecule has 9 heteroatoms. The van der Waals surface area contributed by atoms with E-state index < -0.39 is 24.1 Å². The number of para-hydroxylation sites is 2. The first-order valence-electron chi connectivity index (χ1n) is 10.5. The topological polar surface area (TPSA) is 105 Å². The number of rotatable bonds is 6. The fraction of sp³-hybridized carbons (Fsp3) is 0.304. The number of hydrogen-bond donors (Lipinski definition) is 1. The molecular weight excluding hydrogens is 412 g/mol. The lowest BCUT2D eigenvalue weighted by Gasteiger charge is -2.27. The zero-order valence-electron chi connectivity index (χ0n) is 17.3. The molecule has 2 saturated heterocycles. The first-order valence-corrected chi connectivity index (χ1v) is 10.5. The Bertz CT molecular complexity index is 1110. The van der Waals surface area contributed by atoms with Crippen LogP contribution in [-0.4, -0.2) is 53.5 Å². The number of aromatic nitrogens is 1. The van der Waals surface area contributed by atoms with Gasteiger partial charge in [-0.15, -0.1) is 0 Å². The van der Waals surface area contributed by atoms with Crippen LogP contribution in [0, 0.1) is 0 Å². The van der Waals surface area contributed by atoms with Crippen LogP contribution in [-0.2, 0) is 14.3 Å². The Kier molecular flexibility index (Phi) is 5.22. The highest BCUT2D eigenvalue weighted by Gasteiger charge is 2.37. The van der Waals surface area contributed by atoms with Crippen molar-refractivity contribution in [2.45, 2.75) is 24.9 Å². The van der Waals surface area contributed by atoms with Crippen molar-refractivity contribution in [3.8, 4) is 0 Å². The molecule has 0 spiro atoms. The molecule has 3 aromatic rings. The van der Waals surface area contributed by atoms with E-state index in [2.05, 4.69) is 10.3 Å². The molecule has 1 aromatic heterocycles. The third kappa shape index (κ3) is 3.77. The number of anilines is 1. The number of carbonyl (C=O) groups excluding carboxylic acids is 3. The highest BCUT2D eigenvalue weighted by atomic mass is 16.6. The van der Waals surface area contributed by atoms with Crippen LogP contribution in [0.25, 0.3) is 11.1 Å². The van der Waals surface area contributed by atoms with Crippen LogP contribution >= 0.6 is 0 Å². The van der Waals surface area contributed by atoms with Crippen molar-refractivity contribution in [3.63, 3.8) is 0 Å². The molecule has 1 N–H and O–H groups in total. The molecule has 0 saturated carbocycles. The number of amides is 3. The normalized spacial score (nSPS) is 19.4. The molecule has 2 aliphatic rings. The molecule has 0 radical (unpaired) electrons. The molecule has 164 valence electrons. The monoisotopic (exact) mass is 434 g/mol. The highest BCUT2D eigenvalue weighted by molar-refractivity contribution is 5.98. The number of cyclic esters (lactones) is 1. The van der Waals surface area contributed by atoms with E-state index in [0.29, 0.717) is 24.6 Å². The quantitative estimate of drug-likeness (QED) is 0.636. The van der Waals surface area contributed by atoms with E-state index in [0.717, 1.165) is 22.4 Å². The summed E-state index contributed by atoms with van der Waals surface area (Å²) in [6.45, 7) is 0.378. The van der Waals surface area contributed by atoms with Gasteiger partial charge in [-0.3, -0.25) is 9.59 Å². The molecule has 0 bridgehead atoms. The molecule has 9 nitrogen and oxygen atoms in total. The number of benzene rings is 2. The molecule has 2 aromatic carbocycles. The van der Waals surface area contributed by atoms with Crippen molar-refractivity contribution < 1.29 is 23.5 Å². The Balaban J connectivity index is 1.37. The number of carbonyl (C=O) groups is 3. The van der Waals surface area contributed by atoms with E-state index in [1.807, 2.05) is 59.5 Å². The Labute approximate surface area is 183 Å². The van der Waals surface area contributed by atoms with Crippen molar-refractivity contribution >= 4 is 35.0 Å². The summed E-state index contributed by atoms with van der Waals surface area (Å²) in [6, 6.07) is 16.1. The smallest absolute Gasteiger partial charge is 0.417 e. The van der Waals surface area contributed by atoms with Gasteiger partial charge >= 0.3 is 6.09 Å². The Morgan fingerprint density at radius 2 is 1.91 bits per heavy atom. The summed E-state index contributed by atoms with van der Waals surface area (Å²) in [6.07, 6.45) is 0.777. The summed E-state index contributed by atoms with van der Waals surface area (Å²) in [5.74, 6) is -0.627. The molecule has 5 rings (SSSR count). The number of nitrogens with one attached hydrogen (secondary N) is 1. The molecule has 3 amide bonds. The van der Waals surface area contributed by atoms with Gasteiger partial charge in [-0.1, -0.05) is 42.5 Å². The molecule has 32 heavy (non-hydrogen) atoms. The van der Waals surface area contributed by atoms with Crippen LogP contribution in [0.2, 0.25) is 0 Å². The molecule has 0 aliphatic carbocycles. The molecular formula is C23H22N4O5. The van der Waals surface area contributed by atoms with Gasteiger partial charge in [-0.05, 0) is 30.5 Å². The van der Waals surface area contributed by atoms with Gasteiger partial charge in [0.15, 0.2) is 12.2 Å². The summed E-state index contributed by atoms with van der Waals surface area (Å²) < 4.78 is 10.7. The first kappa shape index (κ1) is 20.0.